The van der Waals surface area contributed by atoms with Crippen molar-refractivity contribution in [1.82, 2.24) is 10.9 Å². The predicted octanol–water partition coefficient (Wildman–Crippen LogP) is 1.23. The lowest BCUT2D eigenvalue weighted by molar-refractivity contribution is -0.136. The molecule has 3 amide bonds. The highest BCUT2D eigenvalue weighted by Crippen LogP contribution is 2.22. The first-order valence-corrected chi connectivity index (χ1v) is 6.82. The first kappa shape index (κ1) is 16.9. The van der Waals surface area contributed by atoms with Crippen LogP contribution in [-0.4, -0.2) is 24.8 Å². The van der Waals surface area contributed by atoms with Gasteiger partial charge in [0.2, 0.25) is 0 Å². The molecule has 124 valence electrons. The van der Waals surface area contributed by atoms with Crippen LogP contribution in [0.5, 0.6) is 5.75 Å². The molecule has 0 bridgehead atoms. The Morgan fingerprint density at radius 2 is 1.58 bits per heavy atom. The summed E-state index contributed by atoms with van der Waals surface area (Å²) in [5.74, 6) is -3.40. The molecule has 0 aliphatic carbocycles. The van der Waals surface area contributed by atoms with Crippen LogP contribution in [0.15, 0.2) is 48.5 Å². The molecule has 0 atom stereocenters. The van der Waals surface area contributed by atoms with Crippen LogP contribution >= 0.6 is 0 Å². The van der Waals surface area contributed by atoms with Gasteiger partial charge in [0.1, 0.15) is 11.6 Å². The SMILES string of the molecule is COc1ccccc1NC(=O)C(=O)NNC(=O)c1ccccc1F. The Morgan fingerprint density at radius 3 is 2.29 bits per heavy atom. The van der Waals surface area contributed by atoms with Gasteiger partial charge in [0, 0.05) is 0 Å². The van der Waals surface area contributed by atoms with Crippen molar-refractivity contribution in [3.05, 3.63) is 59.9 Å². The third kappa shape index (κ3) is 4.07. The van der Waals surface area contributed by atoms with Gasteiger partial charge in [-0.05, 0) is 24.3 Å². The van der Waals surface area contributed by atoms with Crippen LogP contribution in [-0.2, 0) is 9.59 Å². The molecule has 7 nitrogen and oxygen atoms in total. The van der Waals surface area contributed by atoms with Gasteiger partial charge >= 0.3 is 11.8 Å². The second-order valence-corrected chi connectivity index (χ2v) is 4.54. The van der Waals surface area contributed by atoms with Crippen LogP contribution in [0.1, 0.15) is 10.4 Å². The number of anilines is 1. The Kier molecular flexibility index (Phi) is 5.45. The van der Waals surface area contributed by atoms with Gasteiger partial charge in [-0.15, -0.1) is 0 Å². The van der Waals surface area contributed by atoms with Crippen molar-refractivity contribution in [3.63, 3.8) is 0 Å². The molecule has 0 unspecified atom stereocenters. The largest absolute Gasteiger partial charge is 0.495 e. The highest BCUT2D eigenvalue weighted by Gasteiger charge is 2.17. The summed E-state index contributed by atoms with van der Waals surface area (Å²) >= 11 is 0. The first-order valence-electron chi connectivity index (χ1n) is 6.82. The number of ether oxygens (including phenoxy) is 1. The minimum atomic E-state index is -1.12. The van der Waals surface area contributed by atoms with Gasteiger partial charge in [-0.1, -0.05) is 24.3 Å². The van der Waals surface area contributed by atoms with Crippen LogP contribution in [0.3, 0.4) is 0 Å². The molecule has 0 fully saturated rings. The van der Waals surface area contributed by atoms with Crippen molar-refractivity contribution in [2.45, 2.75) is 0 Å². The van der Waals surface area contributed by atoms with Gasteiger partial charge < -0.3 is 10.1 Å². The molecule has 0 radical (unpaired) electrons. The van der Waals surface area contributed by atoms with Crippen LogP contribution in [0.2, 0.25) is 0 Å². The van der Waals surface area contributed by atoms with Crippen molar-refractivity contribution in [2.75, 3.05) is 12.4 Å². The average Bonchev–Trinajstić information content (AvgIpc) is 2.60. The van der Waals surface area contributed by atoms with E-state index in [9.17, 15) is 18.8 Å². The Labute approximate surface area is 136 Å². The van der Waals surface area contributed by atoms with E-state index >= 15 is 0 Å². The number of amides is 3. The Hall–Kier alpha value is -3.42. The Morgan fingerprint density at radius 1 is 0.917 bits per heavy atom. The Bertz CT molecular complexity index is 779. The van der Waals surface area contributed by atoms with E-state index in [0.29, 0.717) is 11.4 Å². The molecule has 2 rings (SSSR count). The van der Waals surface area contributed by atoms with Gasteiger partial charge in [0.15, 0.2) is 0 Å². The van der Waals surface area contributed by atoms with Crippen molar-refractivity contribution < 1.29 is 23.5 Å². The number of carbonyl (C=O) groups excluding carboxylic acids is 3. The number of carbonyl (C=O) groups is 3. The van der Waals surface area contributed by atoms with Crippen molar-refractivity contribution in [3.8, 4) is 5.75 Å². The standard InChI is InChI=1S/C16H14FN3O4/c1-24-13-9-5-4-8-12(13)18-15(22)16(23)20-19-14(21)10-6-2-3-7-11(10)17/h2-9H,1H3,(H,18,22)(H,19,21)(H,20,23). The number of halogens is 1. The fourth-order valence-corrected chi connectivity index (χ4v) is 1.81. The van der Waals surface area contributed by atoms with Crippen LogP contribution < -0.4 is 20.9 Å². The van der Waals surface area contributed by atoms with Crippen LogP contribution in [0.25, 0.3) is 0 Å². The molecule has 0 aliphatic rings. The lowest BCUT2D eigenvalue weighted by atomic mass is 10.2. The zero-order chi connectivity index (χ0) is 17.5. The monoisotopic (exact) mass is 331 g/mol. The third-order valence-corrected chi connectivity index (χ3v) is 2.97. The summed E-state index contributed by atoms with van der Waals surface area (Å²) in [6.45, 7) is 0. The fourth-order valence-electron chi connectivity index (χ4n) is 1.81. The van der Waals surface area contributed by atoms with Crippen LogP contribution in [0.4, 0.5) is 10.1 Å². The van der Waals surface area contributed by atoms with Gasteiger partial charge in [-0.3, -0.25) is 25.2 Å². The zero-order valence-electron chi connectivity index (χ0n) is 12.6. The first-order chi connectivity index (χ1) is 11.5. The quantitative estimate of drug-likeness (QED) is 0.582. The van der Waals surface area contributed by atoms with Gasteiger partial charge in [-0.2, -0.15) is 0 Å². The summed E-state index contributed by atoms with van der Waals surface area (Å²) in [4.78, 5) is 35.2. The fraction of sp³-hybridized carbons (Fsp3) is 0.0625. The number of hydrogen-bond donors (Lipinski definition) is 3. The number of methoxy groups -OCH3 is 1. The van der Waals surface area contributed by atoms with Crippen molar-refractivity contribution >= 4 is 23.4 Å². The number of hydrazine groups is 1. The summed E-state index contributed by atoms with van der Waals surface area (Å²) in [6, 6.07) is 11.7. The zero-order valence-corrected chi connectivity index (χ0v) is 12.6. The lowest BCUT2D eigenvalue weighted by Crippen LogP contribution is -2.46. The number of hydrogen-bond acceptors (Lipinski definition) is 4. The average molecular weight is 331 g/mol. The number of benzene rings is 2. The smallest absolute Gasteiger partial charge is 0.328 e. The maximum absolute atomic E-state index is 13.4. The van der Waals surface area contributed by atoms with E-state index in [1.807, 2.05) is 10.9 Å². The molecular weight excluding hydrogens is 317 g/mol. The summed E-state index contributed by atoms with van der Waals surface area (Å²) in [6.07, 6.45) is 0. The van der Waals surface area contributed by atoms with Gasteiger partial charge in [0.25, 0.3) is 5.91 Å². The molecule has 0 saturated carbocycles. The highest BCUT2D eigenvalue weighted by molar-refractivity contribution is 6.39. The van der Waals surface area contributed by atoms with E-state index in [0.717, 1.165) is 6.07 Å². The molecule has 2 aromatic carbocycles. The van der Waals surface area contributed by atoms with E-state index in [4.69, 9.17) is 4.74 Å². The van der Waals surface area contributed by atoms with E-state index in [2.05, 4.69) is 5.32 Å². The molecule has 2 aromatic rings. The maximum atomic E-state index is 13.4. The van der Waals surface area contributed by atoms with E-state index in [-0.39, 0.29) is 5.56 Å². The normalized spacial score (nSPS) is 9.75. The van der Waals surface area contributed by atoms with E-state index < -0.39 is 23.5 Å². The van der Waals surface area contributed by atoms with Gasteiger partial charge in [-0.25, -0.2) is 4.39 Å². The van der Waals surface area contributed by atoms with Crippen molar-refractivity contribution in [1.29, 1.82) is 0 Å². The predicted molar refractivity (Wildman–Crippen MR) is 83.6 cm³/mol. The van der Waals surface area contributed by atoms with Gasteiger partial charge in [0.05, 0.1) is 18.4 Å². The maximum Gasteiger partial charge on any atom is 0.328 e. The lowest BCUT2D eigenvalue weighted by Gasteiger charge is -2.10. The topological polar surface area (TPSA) is 96.5 Å². The summed E-state index contributed by atoms with van der Waals surface area (Å²) in [5.41, 5.74) is 3.90. The molecule has 0 saturated heterocycles. The second-order valence-electron chi connectivity index (χ2n) is 4.54. The van der Waals surface area contributed by atoms with E-state index in [1.165, 1.54) is 25.3 Å². The minimum Gasteiger partial charge on any atom is -0.495 e. The molecule has 3 N–H and O–H groups in total. The second kappa shape index (κ2) is 7.73. The van der Waals surface area contributed by atoms with Crippen LogP contribution in [0, 0.1) is 5.82 Å². The number of nitrogens with one attached hydrogen (secondary N) is 3. The molecule has 24 heavy (non-hydrogen) atoms. The van der Waals surface area contributed by atoms with Crippen molar-refractivity contribution in [2.24, 2.45) is 0 Å². The summed E-state index contributed by atoms with van der Waals surface area (Å²) in [5, 5.41) is 2.33. The molecule has 0 aromatic heterocycles. The highest BCUT2D eigenvalue weighted by atomic mass is 19.1. The number of para-hydroxylation sites is 2. The molecule has 8 heteroatoms. The summed E-state index contributed by atoms with van der Waals surface area (Å²) < 4.78 is 18.5. The van der Waals surface area contributed by atoms with E-state index in [1.54, 1.807) is 24.3 Å². The molecule has 0 heterocycles. The molecule has 0 aliphatic heterocycles. The minimum absolute atomic E-state index is 0.261. The summed E-state index contributed by atoms with van der Waals surface area (Å²) in [7, 11) is 1.42. The molecular formula is C16H14FN3O4. The Balaban J connectivity index is 1.94. The number of rotatable bonds is 3. The molecule has 0 spiro atoms. The third-order valence-electron chi connectivity index (χ3n) is 2.97.